The Bertz CT molecular complexity index is 1560. The molecule has 0 bridgehead atoms. The van der Waals surface area contributed by atoms with Crippen LogP contribution in [-0.2, 0) is 38.3 Å². The lowest BCUT2D eigenvalue weighted by molar-refractivity contribution is -0.156. The van der Waals surface area contributed by atoms with Crippen LogP contribution in [0.25, 0.3) is 12.2 Å². The fraction of sp³-hybridized carbons (Fsp3) is 0.325. The Morgan fingerprint density at radius 3 is 2.22 bits per heavy atom. The van der Waals surface area contributed by atoms with Gasteiger partial charge in [-0.05, 0) is 83.3 Å². The van der Waals surface area contributed by atoms with Crippen LogP contribution in [0, 0.1) is 0 Å². The van der Waals surface area contributed by atoms with Crippen LogP contribution in [0.1, 0.15) is 77.8 Å². The van der Waals surface area contributed by atoms with E-state index in [2.05, 4.69) is 85.8 Å². The molecule has 0 saturated carbocycles. The van der Waals surface area contributed by atoms with Crippen LogP contribution < -0.4 is 4.74 Å². The Kier molecular flexibility index (Phi) is 11.6. The fourth-order valence-corrected chi connectivity index (χ4v) is 5.83. The third-order valence-corrected chi connectivity index (χ3v) is 8.00. The second kappa shape index (κ2) is 16.2. The highest BCUT2D eigenvalue weighted by molar-refractivity contribution is 5.77. The third kappa shape index (κ3) is 8.72. The molecule has 2 unspecified atom stereocenters. The van der Waals surface area contributed by atoms with Gasteiger partial charge in [-0.1, -0.05) is 104 Å². The Hall–Kier alpha value is -4.19. The third-order valence-electron chi connectivity index (χ3n) is 8.00. The van der Waals surface area contributed by atoms with Gasteiger partial charge in [-0.3, -0.25) is 0 Å². The van der Waals surface area contributed by atoms with E-state index in [4.69, 9.17) is 18.9 Å². The summed E-state index contributed by atoms with van der Waals surface area (Å²) in [5, 5.41) is 0. The van der Waals surface area contributed by atoms with E-state index in [1.54, 1.807) is 6.92 Å². The number of aryl methyl sites for hydroxylation is 1. The number of ether oxygens (including phenoxy) is 4. The maximum atomic E-state index is 12.2. The van der Waals surface area contributed by atoms with Gasteiger partial charge in [-0.15, -0.1) is 0 Å². The summed E-state index contributed by atoms with van der Waals surface area (Å²) in [4.78, 5) is 12.2. The van der Waals surface area contributed by atoms with E-state index in [0.717, 1.165) is 30.6 Å². The summed E-state index contributed by atoms with van der Waals surface area (Å²) < 4.78 is 23.5. The summed E-state index contributed by atoms with van der Waals surface area (Å²) in [6.45, 7) is 7.52. The van der Waals surface area contributed by atoms with Crippen LogP contribution in [0.3, 0.4) is 0 Å². The Morgan fingerprint density at radius 2 is 1.47 bits per heavy atom. The first-order valence-electron chi connectivity index (χ1n) is 16.2. The summed E-state index contributed by atoms with van der Waals surface area (Å²) in [7, 11) is 0. The minimum Gasteiger partial charge on any atom is -0.491 e. The zero-order chi connectivity index (χ0) is 31.4. The van der Waals surface area contributed by atoms with Crippen LogP contribution in [0.15, 0.2) is 91.0 Å². The van der Waals surface area contributed by atoms with E-state index in [1.807, 2.05) is 31.2 Å². The molecule has 5 nitrogen and oxygen atoms in total. The largest absolute Gasteiger partial charge is 0.491 e. The molecule has 0 aromatic heterocycles. The van der Waals surface area contributed by atoms with Crippen LogP contribution in [0.2, 0.25) is 0 Å². The Labute approximate surface area is 267 Å². The van der Waals surface area contributed by atoms with Crippen molar-refractivity contribution in [3.8, 4) is 5.75 Å². The lowest BCUT2D eigenvalue weighted by Crippen LogP contribution is -2.28. The molecular weight excluding hydrogens is 560 g/mol. The highest BCUT2D eigenvalue weighted by atomic mass is 16.6. The summed E-state index contributed by atoms with van der Waals surface area (Å²) in [6.07, 6.45) is 7.12. The molecule has 0 amide bonds. The second-order valence-corrected chi connectivity index (χ2v) is 11.3. The van der Waals surface area contributed by atoms with Gasteiger partial charge in [0.1, 0.15) is 18.5 Å². The van der Waals surface area contributed by atoms with Crippen molar-refractivity contribution in [3.05, 3.63) is 136 Å². The first kappa shape index (κ1) is 32.2. The normalized spacial score (nSPS) is 14.2. The summed E-state index contributed by atoms with van der Waals surface area (Å²) in [5.41, 5.74) is 9.63. The number of carbonyl (C=O) groups excluding carboxylic acids is 1. The molecule has 5 rings (SSSR count). The van der Waals surface area contributed by atoms with E-state index >= 15 is 0 Å². The number of hydrogen-bond acceptors (Lipinski definition) is 5. The van der Waals surface area contributed by atoms with Crippen molar-refractivity contribution in [1.82, 2.24) is 0 Å². The van der Waals surface area contributed by atoms with Gasteiger partial charge in [-0.2, -0.15) is 0 Å². The molecule has 0 aliphatic heterocycles. The van der Waals surface area contributed by atoms with Crippen molar-refractivity contribution in [1.29, 1.82) is 0 Å². The van der Waals surface area contributed by atoms with Gasteiger partial charge >= 0.3 is 5.97 Å². The number of benzene rings is 4. The van der Waals surface area contributed by atoms with Gasteiger partial charge in [-0.25, -0.2) is 4.79 Å². The predicted molar refractivity (Wildman–Crippen MR) is 181 cm³/mol. The van der Waals surface area contributed by atoms with Crippen molar-refractivity contribution in [2.24, 2.45) is 0 Å². The van der Waals surface area contributed by atoms with Crippen LogP contribution in [0.5, 0.6) is 5.75 Å². The lowest BCUT2D eigenvalue weighted by atomic mass is 9.92. The Balaban J connectivity index is 1.27. The summed E-state index contributed by atoms with van der Waals surface area (Å²) in [5.74, 6) is 0.425. The minimum absolute atomic E-state index is 0.197. The number of rotatable bonds is 15. The number of esters is 1. The predicted octanol–water partition coefficient (Wildman–Crippen LogP) is 8.41. The van der Waals surface area contributed by atoms with Crippen molar-refractivity contribution < 1.29 is 23.7 Å². The maximum Gasteiger partial charge on any atom is 0.335 e. The van der Waals surface area contributed by atoms with Gasteiger partial charge in [0.2, 0.25) is 0 Å². The molecule has 4 aromatic rings. The zero-order valence-corrected chi connectivity index (χ0v) is 26.7. The Morgan fingerprint density at radius 1 is 0.711 bits per heavy atom. The average molecular weight is 605 g/mol. The molecule has 1 aliphatic carbocycles. The molecular formula is C40H44O5. The zero-order valence-electron chi connectivity index (χ0n) is 26.7. The van der Waals surface area contributed by atoms with Gasteiger partial charge in [0.25, 0.3) is 0 Å². The first-order chi connectivity index (χ1) is 22.1. The van der Waals surface area contributed by atoms with E-state index in [9.17, 15) is 4.79 Å². The monoisotopic (exact) mass is 604 g/mol. The highest BCUT2D eigenvalue weighted by Crippen LogP contribution is 2.37. The molecule has 0 saturated heterocycles. The molecule has 0 N–H and O–H groups in total. The van der Waals surface area contributed by atoms with Crippen molar-refractivity contribution in [2.45, 2.75) is 58.7 Å². The molecule has 234 valence electrons. The summed E-state index contributed by atoms with van der Waals surface area (Å²) in [6, 6.07) is 31.9. The van der Waals surface area contributed by atoms with E-state index in [0.29, 0.717) is 32.8 Å². The molecule has 0 fully saturated rings. The van der Waals surface area contributed by atoms with E-state index in [-0.39, 0.29) is 12.1 Å². The minimum atomic E-state index is -0.609. The lowest BCUT2D eigenvalue weighted by Gasteiger charge is -2.22. The second-order valence-electron chi connectivity index (χ2n) is 11.3. The molecule has 4 aromatic carbocycles. The standard InChI is InChI=1S/C40H44O5/c1-4-10-29-13-17-33-18-19-34-26-32(25-30-11-8-7-9-12-30)16-22-36(34)39(37(33)27-29)45-24-23-44-35-20-14-31(15-21-35)28-38(42-5-2)40(41)43-6-3/h7-9,11-22,26-27,38-39H,4-6,10,23-25,28H2,1-3H3. The highest BCUT2D eigenvalue weighted by Gasteiger charge is 2.24. The molecule has 0 spiro atoms. The van der Waals surface area contributed by atoms with Gasteiger partial charge in [0, 0.05) is 13.0 Å². The number of carbonyl (C=O) groups is 1. The molecule has 0 radical (unpaired) electrons. The maximum absolute atomic E-state index is 12.2. The fourth-order valence-electron chi connectivity index (χ4n) is 5.83. The molecule has 2 atom stereocenters. The van der Waals surface area contributed by atoms with Gasteiger partial charge in [0.15, 0.2) is 6.10 Å². The smallest absolute Gasteiger partial charge is 0.335 e. The number of hydrogen-bond donors (Lipinski definition) is 0. The molecule has 5 heteroatoms. The van der Waals surface area contributed by atoms with E-state index in [1.165, 1.54) is 38.9 Å². The molecule has 0 heterocycles. The van der Waals surface area contributed by atoms with E-state index < -0.39 is 6.10 Å². The van der Waals surface area contributed by atoms with Gasteiger partial charge in [0.05, 0.1) is 13.2 Å². The van der Waals surface area contributed by atoms with Crippen molar-refractivity contribution in [3.63, 3.8) is 0 Å². The van der Waals surface area contributed by atoms with Crippen LogP contribution in [-0.4, -0.2) is 38.5 Å². The van der Waals surface area contributed by atoms with Crippen molar-refractivity contribution >= 4 is 18.1 Å². The topological polar surface area (TPSA) is 54.0 Å². The average Bonchev–Trinajstić information content (AvgIpc) is 3.20. The quantitative estimate of drug-likeness (QED) is 0.101. The summed E-state index contributed by atoms with van der Waals surface area (Å²) >= 11 is 0. The number of fused-ring (bicyclic) bond motifs is 2. The molecule has 1 aliphatic rings. The SMILES string of the molecule is CCCc1ccc2c(c1)C(OCCOc1ccc(CC(OCC)C(=O)OCC)cc1)c1ccc(Cc3ccccc3)cc1C=C2. The molecule has 45 heavy (non-hydrogen) atoms. The van der Waals surface area contributed by atoms with Gasteiger partial charge < -0.3 is 18.9 Å². The first-order valence-corrected chi connectivity index (χ1v) is 16.2. The van der Waals surface area contributed by atoms with Crippen molar-refractivity contribution in [2.75, 3.05) is 26.4 Å². The van der Waals surface area contributed by atoms with Crippen LogP contribution in [0.4, 0.5) is 0 Å². The van der Waals surface area contributed by atoms with Crippen LogP contribution >= 0.6 is 0 Å².